The SMILES string of the molecule is O=S1(=O)c2cc3c(cc2-c2cc4c5ccccc5n(-c5nc(-c6ccccc6)nc(-c6ccccc6)n5)c4cc2N1c1ccccc1)c1ccccc1n3-c1ccccc1. The lowest BCUT2D eigenvalue weighted by Gasteiger charge is -2.32. The minimum atomic E-state index is -4.17. The number of anilines is 2. The van der Waals surface area contributed by atoms with Crippen LogP contribution < -0.4 is 4.31 Å². The predicted octanol–water partition coefficient (Wildman–Crippen LogP) is 11.9. The zero-order chi connectivity index (χ0) is 40.0. The second kappa shape index (κ2) is 13.1. The minimum absolute atomic E-state index is 0.243. The van der Waals surface area contributed by atoms with Gasteiger partial charge in [0.1, 0.15) is 0 Å². The predicted molar refractivity (Wildman–Crippen MR) is 241 cm³/mol. The lowest BCUT2D eigenvalue weighted by molar-refractivity contribution is 0.596. The number of aromatic nitrogens is 5. The Kier molecular flexibility index (Phi) is 7.45. The van der Waals surface area contributed by atoms with Crippen molar-refractivity contribution in [2.24, 2.45) is 0 Å². The van der Waals surface area contributed by atoms with Gasteiger partial charge in [-0.05, 0) is 60.7 Å². The fraction of sp³-hybridized carbons (Fsp3) is 0. The summed E-state index contributed by atoms with van der Waals surface area (Å²) in [6.07, 6.45) is 0. The summed E-state index contributed by atoms with van der Waals surface area (Å²) in [5.74, 6) is 1.49. The summed E-state index contributed by atoms with van der Waals surface area (Å²) in [6.45, 7) is 0. The van der Waals surface area contributed by atoms with Crippen molar-refractivity contribution in [1.29, 1.82) is 0 Å². The second-order valence-electron chi connectivity index (χ2n) is 14.9. The van der Waals surface area contributed by atoms with E-state index in [1.54, 1.807) is 0 Å². The second-order valence-corrected chi connectivity index (χ2v) is 16.7. The van der Waals surface area contributed by atoms with Gasteiger partial charge in [0, 0.05) is 49.5 Å². The monoisotopic (exact) mass is 792 g/mol. The molecule has 0 fully saturated rings. The van der Waals surface area contributed by atoms with E-state index in [4.69, 9.17) is 15.0 Å². The van der Waals surface area contributed by atoms with E-state index < -0.39 is 10.0 Å². The molecule has 1 aliphatic heterocycles. The summed E-state index contributed by atoms with van der Waals surface area (Å²) < 4.78 is 36.5. The highest BCUT2D eigenvalue weighted by atomic mass is 32.2. The number of benzene rings is 8. The highest BCUT2D eigenvalue weighted by molar-refractivity contribution is 7.93. The number of sulfonamides is 1. The van der Waals surface area contributed by atoms with Crippen LogP contribution in [0.2, 0.25) is 0 Å². The smallest absolute Gasteiger partial charge is 0.269 e. The van der Waals surface area contributed by atoms with Crippen LogP contribution in [0.15, 0.2) is 199 Å². The number of fused-ring (bicyclic) bond motifs is 9. The molecule has 9 heteroatoms. The van der Waals surface area contributed by atoms with Gasteiger partial charge >= 0.3 is 0 Å². The van der Waals surface area contributed by atoms with E-state index in [1.807, 2.05) is 150 Å². The first-order valence-electron chi connectivity index (χ1n) is 19.7. The lowest BCUT2D eigenvalue weighted by Crippen LogP contribution is -2.30. The van der Waals surface area contributed by atoms with Gasteiger partial charge in [0.2, 0.25) is 5.95 Å². The Bertz CT molecular complexity index is 3550. The van der Waals surface area contributed by atoms with Crippen LogP contribution in [0, 0.1) is 0 Å². The average Bonchev–Trinajstić information content (AvgIpc) is 3.81. The van der Waals surface area contributed by atoms with E-state index in [1.165, 1.54) is 4.31 Å². The maximum absolute atomic E-state index is 15.4. The topological polar surface area (TPSA) is 85.9 Å². The Morgan fingerprint density at radius 2 is 0.850 bits per heavy atom. The fourth-order valence-electron chi connectivity index (χ4n) is 8.84. The molecule has 0 saturated carbocycles. The molecule has 0 aliphatic carbocycles. The van der Waals surface area contributed by atoms with Crippen LogP contribution in [0.4, 0.5) is 11.4 Å². The zero-order valence-electron chi connectivity index (χ0n) is 31.9. The maximum Gasteiger partial charge on any atom is 0.269 e. The molecule has 284 valence electrons. The van der Waals surface area contributed by atoms with E-state index in [0.29, 0.717) is 34.5 Å². The van der Waals surface area contributed by atoms with Crippen molar-refractivity contribution in [2.75, 3.05) is 4.31 Å². The number of hydrogen-bond donors (Lipinski definition) is 0. The van der Waals surface area contributed by atoms with Crippen molar-refractivity contribution in [2.45, 2.75) is 4.90 Å². The van der Waals surface area contributed by atoms with E-state index >= 15 is 8.42 Å². The Labute approximate surface area is 345 Å². The molecule has 0 N–H and O–H groups in total. The normalized spacial score (nSPS) is 13.2. The van der Waals surface area contributed by atoms with Gasteiger partial charge in [-0.15, -0.1) is 0 Å². The van der Waals surface area contributed by atoms with Crippen molar-refractivity contribution < 1.29 is 8.42 Å². The van der Waals surface area contributed by atoms with Crippen molar-refractivity contribution in [1.82, 2.24) is 24.1 Å². The van der Waals surface area contributed by atoms with Gasteiger partial charge in [0.25, 0.3) is 10.0 Å². The molecular formula is C51H32N6O2S. The molecule has 11 aromatic rings. The first kappa shape index (κ1) is 34.2. The molecule has 4 heterocycles. The molecular weight excluding hydrogens is 761 g/mol. The molecule has 8 aromatic carbocycles. The molecule has 8 nitrogen and oxygen atoms in total. The average molecular weight is 793 g/mol. The fourth-order valence-corrected chi connectivity index (χ4v) is 10.6. The number of para-hydroxylation sites is 4. The van der Waals surface area contributed by atoms with Crippen LogP contribution in [0.5, 0.6) is 0 Å². The first-order chi connectivity index (χ1) is 29.5. The van der Waals surface area contributed by atoms with Crippen molar-refractivity contribution in [3.8, 4) is 45.5 Å². The lowest BCUT2D eigenvalue weighted by atomic mass is 9.98. The Balaban J connectivity index is 1.19. The molecule has 12 rings (SSSR count). The van der Waals surface area contributed by atoms with Gasteiger partial charge in [-0.25, -0.2) is 17.7 Å². The zero-order valence-corrected chi connectivity index (χ0v) is 32.7. The van der Waals surface area contributed by atoms with Gasteiger partial charge in [-0.2, -0.15) is 9.97 Å². The van der Waals surface area contributed by atoms with Crippen LogP contribution in [-0.4, -0.2) is 32.5 Å². The maximum atomic E-state index is 15.4. The molecule has 0 radical (unpaired) electrons. The van der Waals surface area contributed by atoms with Gasteiger partial charge < -0.3 is 4.57 Å². The van der Waals surface area contributed by atoms with E-state index in [2.05, 4.69) is 53.1 Å². The third kappa shape index (κ3) is 5.09. The molecule has 0 bridgehead atoms. The summed E-state index contributed by atoms with van der Waals surface area (Å²) >= 11 is 0. The molecule has 60 heavy (non-hydrogen) atoms. The summed E-state index contributed by atoms with van der Waals surface area (Å²) in [4.78, 5) is 15.4. The number of hydrogen-bond acceptors (Lipinski definition) is 5. The Morgan fingerprint density at radius 3 is 1.43 bits per heavy atom. The Hall–Kier alpha value is -7.88. The van der Waals surface area contributed by atoms with Crippen molar-refractivity contribution in [3.05, 3.63) is 194 Å². The van der Waals surface area contributed by atoms with Crippen LogP contribution in [0.3, 0.4) is 0 Å². The largest absolute Gasteiger partial charge is 0.309 e. The van der Waals surface area contributed by atoms with Crippen molar-refractivity contribution >= 4 is 65.0 Å². The van der Waals surface area contributed by atoms with Gasteiger partial charge in [0.15, 0.2) is 11.6 Å². The van der Waals surface area contributed by atoms with Crippen LogP contribution >= 0.6 is 0 Å². The van der Waals surface area contributed by atoms with Gasteiger partial charge in [-0.1, -0.05) is 133 Å². The van der Waals surface area contributed by atoms with Crippen LogP contribution in [-0.2, 0) is 10.0 Å². The molecule has 3 aromatic heterocycles. The number of nitrogens with zero attached hydrogens (tertiary/aromatic N) is 6. The summed E-state index contributed by atoms with van der Waals surface area (Å²) in [5.41, 5.74) is 8.66. The highest BCUT2D eigenvalue weighted by Gasteiger charge is 2.38. The van der Waals surface area contributed by atoms with E-state index in [-0.39, 0.29) is 4.90 Å². The quantitative estimate of drug-likeness (QED) is 0.173. The molecule has 0 atom stereocenters. The molecule has 0 amide bonds. The third-order valence-electron chi connectivity index (χ3n) is 11.5. The summed E-state index contributed by atoms with van der Waals surface area (Å²) in [5, 5.41) is 3.94. The highest BCUT2D eigenvalue weighted by Crippen LogP contribution is 2.51. The molecule has 1 aliphatic rings. The van der Waals surface area contributed by atoms with Crippen LogP contribution in [0.25, 0.3) is 89.2 Å². The first-order valence-corrected chi connectivity index (χ1v) is 21.1. The third-order valence-corrected chi connectivity index (χ3v) is 13.3. The molecule has 0 unspecified atom stereocenters. The number of rotatable bonds is 5. The summed E-state index contributed by atoms with van der Waals surface area (Å²) in [7, 11) is -4.17. The van der Waals surface area contributed by atoms with Crippen molar-refractivity contribution in [3.63, 3.8) is 0 Å². The van der Waals surface area contributed by atoms with E-state index in [0.717, 1.165) is 66.0 Å². The van der Waals surface area contributed by atoms with Gasteiger partial charge in [0.05, 0.1) is 38.3 Å². The summed E-state index contributed by atoms with van der Waals surface area (Å²) in [6, 6.07) is 63.7. The molecule has 0 spiro atoms. The minimum Gasteiger partial charge on any atom is -0.309 e. The van der Waals surface area contributed by atoms with E-state index in [9.17, 15) is 0 Å². The standard InChI is InChI=1S/C51H32N6O2S/c58-60(59)48-32-46-40(37-25-13-15-27-43(37)55(46)35-21-9-3-10-22-35)30-42(48)41-29-39-38-26-14-16-28-44(38)56(45(39)31-47(41)57(60)36-23-11-4-12-24-36)51-53-49(33-17-5-1-6-18-33)52-50(54-51)34-19-7-2-8-20-34/h1-32H. The Morgan fingerprint density at radius 1 is 0.383 bits per heavy atom. The molecule has 0 saturated heterocycles. The van der Waals surface area contributed by atoms with Crippen LogP contribution in [0.1, 0.15) is 0 Å². The van der Waals surface area contributed by atoms with Gasteiger partial charge in [-0.3, -0.25) is 4.57 Å².